The maximum atomic E-state index is 12.5. The third kappa shape index (κ3) is 2.07. The number of nitrogens with zero attached hydrogens (tertiary/aromatic N) is 2. The summed E-state index contributed by atoms with van der Waals surface area (Å²) < 4.78 is 0. The number of aliphatic hydroxyl groups is 4. The first kappa shape index (κ1) is 15.3. The Morgan fingerprint density at radius 1 is 1.10 bits per heavy atom. The maximum absolute atomic E-state index is 12.5. The van der Waals surface area contributed by atoms with Gasteiger partial charge in [-0.25, -0.2) is 0 Å². The van der Waals surface area contributed by atoms with E-state index in [0.717, 1.165) is 0 Å². The first-order chi connectivity index (χ1) is 9.72. The van der Waals surface area contributed by atoms with Gasteiger partial charge in [-0.05, 0) is 0 Å². The number of carbonyl (C=O) groups is 1. The molecule has 4 aliphatic heterocycles. The second-order valence-corrected chi connectivity index (χ2v) is 7.41. The molecule has 3 atom stereocenters. The first-order valence-corrected chi connectivity index (χ1v) is 7.40. The summed E-state index contributed by atoms with van der Waals surface area (Å²) in [6.45, 7) is 5.53. The molecule has 0 radical (unpaired) electrons. The predicted molar refractivity (Wildman–Crippen MR) is 73.3 cm³/mol. The van der Waals surface area contributed by atoms with Crippen molar-refractivity contribution in [3.05, 3.63) is 0 Å². The summed E-state index contributed by atoms with van der Waals surface area (Å²) in [5, 5.41) is 38.8. The van der Waals surface area contributed by atoms with Gasteiger partial charge in [0.2, 0.25) is 0 Å². The number of ketones is 1. The molecule has 120 valence electrons. The first-order valence-electron chi connectivity index (χ1n) is 7.40. The van der Waals surface area contributed by atoms with Gasteiger partial charge in [0.05, 0.1) is 23.6 Å². The quantitative estimate of drug-likeness (QED) is 0.459. The molecule has 4 rings (SSSR count). The fourth-order valence-electron chi connectivity index (χ4n) is 4.57. The van der Waals surface area contributed by atoms with E-state index >= 15 is 0 Å². The van der Waals surface area contributed by atoms with Crippen molar-refractivity contribution in [3.63, 3.8) is 0 Å². The van der Waals surface area contributed by atoms with E-state index in [1.165, 1.54) is 0 Å². The normalized spacial score (nSPS) is 49.2. The van der Waals surface area contributed by atoms with Crippen LogP contribution in [-0.2, 0) is 4.79 Å². The van der Waals surface area contributed by atoms with Crippen molar-refractivity contribution in [2.45, 2.75) is 38.3 Å². The van der Waals surface area contributed by atoms with Gasteiger partial charge in [-0.2, -0.15) is 0 Å². The van der Waals surface area contributed by atoms with E-state index in [9.17, 15) is 20.1 Å². The lowest BCUT2D eigenvalue weighted by Crippen LogP contribution is -2.80. The fourth-order valence-corrected chi connectivity index (χ4v) is 4.57. The maximum Gasteiger partial charge on any atom is 0.149 e. The number of hydrogen-bond donors (Lipinski definition) is 4. The van der Waals surface area contributed by atoms with Crippen molar-refractivity contribution in [2.75, 3.05) is 32.8 Å². The largest absolute Gasteiger partial charge is 0.394 e. The summed E-state index contributed by atoms with van der Waals surface area (Å²) in [5.41, 5.74) is -0.857. The Hall–Kier alpha value is -0.570. The number of hydrogen-bond acceptors (Lipinski definition) is 7. The molecule has 4 saturated heterocycles. The minimum Gasteiger partial charge on any atom is -0.394 e. The highest BCUT2D eigenvalue weighted by Crippen LogP contribution is 2.48. The van der Waals surface area contributed by atoms with Crippen LogP contribution < -0.4 is 0 Å². The number of aliphatic hydroxyl groups excluding tert-OH is 4. The van der Waals surface area contributed by atoms with E-state index in [4.69, 9.17) is 5.11 Å². The van der Waals surface area contributed by atoms with Crippen LogP contribution in [0, 0.1) is 10.8 Å². The Morgan fingerprint density at radius 2 is 1.52 bits per heavy atom. The minimum absolute atomic E-state index is 0.284. The second-order valence-electron chi connectivity index (χ2n) is 7.41. The van der Waals surface area contributed by atoms with Crippen molar-refractivity contribution >= 4 is 5.78 Å². The molecular weight excluding hydrogens is 276 g/mol. The Labute approximate surface area is 123 Å². The molecule has 21 heavy (non-hydrogen) atoms. The van der Waals surface area contributed by atoms with Crippen molar-refractivity contribution in [1.82, 2.24) is 9.80 Å². The molecule has 0 aromatic heterocycles. The Bertz CT molecular complexity index is 417. The van der Waals surface area contributed by atoms with Crippen molar-refractivity contribution in [1.29, 1.82) is 0 Å². The molecule has 4 fully saturated rings. The van der Waals surface area contributed by atoms with Gasteiger partial charge in [-0.1, -0.05) is 13.8 Å². The van der Waals surface area contributed by atoms with Crippen LogP contribution in [0.1, 0.15) is 13.8 Å². The standard InChI is InChI=1S/C14H24N2O5/c1-13-4-15-6-14(2,12(13)21)7-16(5-13)11(15)10(20)9(19)8(18)3-17/h8-11,17-20H,3-7H2,1-2H3/t8-,9+,10-,11?,13?,14?/m1/s1. The van der Waals surface area contributed by atoms with E-state index in [1.807, 2.05) is 23.6 Å². The van der Waals surface area contributed by atoms with Gasteiger partial charge in [0, 0.05) is 26.2 Å². The zero-order chi connectivity index (χ0) is 15.6. The Morgan fingerprint density at radius 3 is 1.90 bits per heavy atom. The third-order valence-corrected chi connectivity index (χ3v) is 5.29. The summed E-state index contributed by atoms with van der Waals surface area (Å²) in [6, 6.07) is 0. The summed E-state index contributed by atoms with van der Waals surface area (Å²) in [6.07, 6.45) is -4.38. The lowest BCUT2D eigenvalue weighted by Gasteiger charge is -2.65. The lowest BCUT2D eigenvalue weighted by molar-refractivity contribution is -0.225. The van der Waals surface area contributed by atoms with Crippen LogP contribution >= 0.6 is 0 Å². The number of rotatable bonds is 4. The molecule has 4 aliphatic rings. The highest BCUT2D eigenvalue weighted by atomic mass is 16.4. The van der Waals surface area contributed by atoms with Crippen LogP contribution in [0.2, 0.25) is 0 Å². The fraction of sp³-hybridized carbons (Fsp3) is 0.929. The van der Waals surface area contributed by atoms with Crippen LogP contribution in [0.25, 0.3) is 0 Å². The summed E-state index contributed by atoms with van der Waals surface area (Å²) in [4.78, 5) is 16.6. The molecule has 4 N–H and O–H groups in total. The molecule has 0 aromatic carbocycles. The molecule has 0 aromatic rings. The van der Waals surface area contributed by atoms with Crippen LogP contribution in [0.4, 0.5) is 0 Å². The van der Waals surface area contributed by atoms with E-state index in [1.54, 1.807) is 0 Å². The molecule has 0 unspecified atom stereocenters. The van der Waals surface area contributed by atoms with Gasteiger partial charge in [0.15, 0.2) is 0 Å². The van der Waals surface area contributed by atoms with Crippen LogP contribution in [0.5, 0.6) is 0 Å². The van der Waals surface area contributed by atoms with Crippen molar-refractivity contribution < 1.29 is 25.2 Å². The highest BCUT2D eigenvalue weighted by Gasteiger charge is 2.63. The average molecular weight is 300 g/mol. The molecule has 4 bridgehead atoms. The highest BCUT2D eigenvalue weighted by molar-refractivity contribution is 5.92. The monoisotopic (exact) mass is 300 g/mol. The average Bonchev–Trinajstić information content (AvgIpc) is 2.41. The summed E-state index contributed by atoms with van der Waals surface area (Å²) in [5.74, 6) is 0.284. The van der Waals surface area contributed by atoms with Crippen molar-refractivity contribution in [2.24, 2.45) is 10.8 Å². The topological polar surface area (TPSA) is 104 Å². The smallest absolute Gasteiger partial charge is 0.149 e. The molecule has 0 saturated carbocycles. The van der Waals surface area contributed by atoms with E-state index in [-0.39, 0.29) is 5.78 Å². The SMILES string of the molecule is CC12CN3CC(C)(CN(C1)C3[C@H](O)[C@@H](O)[C@H](O)CO)C2=O. The molecule has 0 aliphatic carbocycles. The molecule has 0 amide bonds. The molecule has 7 nitrogen and oxygen atoms in total. The molecule has 0 spiro atoms. The lowest BCUT2D eigenvalue weighted by atomic mass is 9.61. The van der Waals surface area contributed by atoms with Gasteiger partial charge < -0.3 is 20.4 Å². The van der Waals surface area contributed by atoms with Crippen LogP contribution in [0.3, 0.4) is 0 Å². The molecule has 7 heteroatoms. The minimum atomic E-state index is -1.41. The number of piperidine rings is 2. The Balaban J connectivity index is 1.84. The number of Topliss-reactive ketones (excluding diaryl/α,β-unsaturated/α-hetero) is 1. The van der Waals surface area contributed by atoms with Gasteiger partial charge in [-0.15, -0.1) is 0 Å². The summed E-state index contributed by atoms with van der Waals surface area (Å²) in [7, 11) is 0. The molecule has 4 heterocycles. The van der Waals surface area contributed by atoms with E-state index in [2.05, 4.69) is 0 Å². The zero-order valence-corrected chi connectivity index (χ0v) is 12.4. The number of carbonyl (C=O) groups excluding carboxylic acids is 1. The Kier molecular flexibility index (Phi) is 3.44. The zero-order valence-electron chi connectivity index (χ0n) is 12.4. The second kappa shape index (κ2) is 4.71. The van der Waals surface area contributed by atoms with Gasteiger partial charge in [0.1, 0.15) is 24.1 Å². The van der Waals surface area contributed by atoms with Gasteiger partial charge in [-0.3, -0.25) is 14.6 Å². The van der Waals surface area contributed by atoms with Crippen molar-refractivity contribution in [3.8, 4) is 0 Å². The van der Waals surface area contributed by atoms with Crippen LogP contribution in [-0.4, -0.2) is 93.3 Å². The predicted octanol–water partition coefficient (Wildman–Crippen LogP) is -2.39. The van der Waals surface area contributed by atoms with Crippen LogP contribution in [0.15, 0.2) is 0 Å². The third-order valence-electron chi connectivity index (χ3n) is 5.29. The van der Waals surface area contributed by atoms with E-state index in [0.29, 0.717) is 26.2 Å². The van der Waals surface area contributed by atoms with Gasteiger partial charge in [0.25, 0.3) is 0 Å². The summed E-state index contributed by atoms with van der Waals surface area (Å²) >= 11 is 0. The van der Waals surface area contributed by atoms with Gasteiger partial charge >= 0.3 is 0 Å². The van der Waals surface area contributed by atoms with E-state index < -0.39 is 41.9 Å². The molecular formula is C14H24N2O5.